The SMILES string of the molecule is CCCn1cc(NCc2cncnc2)ccc1=O. The number of aryl methyl sites for hydroxylation is 1. The minimum Gasteiger partial charge on any atom is -0.380 e. The van der Waals surface area contributed by atoms with Crippen molar-refractivity contribution in [1.82, 2.24) is 14.5 Å². The Bertz CT molecular complexity index is 550. The van der Waals surface area contributed by atoms with Gasteiger partial charge in [-0.3, -0.25) is 4.79 Å². The summed E-state index contributed by atoms with van der Waals surface area (Å²) < 4.78 is 1.71. The van der Waals surface area contributed by atoms with E-state index in [1.54, 1.807) is 29.1 Å². The Kier molecular flexibility index (Phi) is 4.06. The summed E-state index contributed by atoms with van der Waals surface area (Å²) in [5.74, 6) is 0. The molecule has 0 spiro atoms. The monoisotopic (exact) mass is 244 g/mol. The Morgan fingerprint density at radius 2 is 2.06 bits per heavy atom. The van der Waals surface area contributed by atoms with E-state index in [1.807, 2.05) is 13.1 Å². The standard InChI is InChI=1S/C13H16N4O/c1-2-5-17-9-12(3-4-13(17)18)16-8-11-6-14-10-15-7-11/h3-4,6-7,9-10,16H,2,5,8H2,1H3. The molecule has 2 rings (SSSR count). The van der Waals surface area contributed by atoms with E-state index in [-0.39, 0.29) is 5.56 Å². The lowest BCUT2D eigenvalue weighted by atomic mass is 10.3. The second-order valence-corrected chi connectivity index (χ2v) is 4.05. The fourth-order valence-corrected chi connectivity index (χ4v) is 1.68. The van der Waals surface area contributed by atoms with Crippen molar-refractivity contribution >= 4 is 5.69 Å². The number of anilines is 1. The van der Waals surface area contributed by atoms with E-state index in [0.29, 0.717) is 6.54 Å². The summed E-state index contributed by atoms with van der Waals surface area (Å²) >= 11 is 0. The maximum atomic E-state index is 11.6. The number of rotatable bonds is 5. The Labute approximate surface area is 106 Å². The van der Waals surface area contributed by atoms with E-state index in [4.69, 9.17) is 0 Å². The zero-order valence-corrected chi connectivity index (χ0v) is 10.3. The fourth-order valence-electron chi connectivity index (χ4n) is 1.68. The van der Waals surface area contributed by atoms with Crippen molar-refractivity contribution in [1.29, 1.82) is 0 Å². The third-order valence-electron chi connectivity index (χ3n) is 2.56. The van der Waals surface area contributed by atoms with Crippen molar-refractivity contribution in [2.75, 3.05) is 5.32 Å². The van der Waals surface area contributed by atoms with Crippen molar-refractivity contribution in [2.45, 2.75) is 26.4 Å². The van der Waals surface area contributed by atoms with Crippen LogP contribution in [-0.2, 0) is 13.1 Å². The van der Waals surface area contributed by atoms with Crippen LogP contribution >= 0.6 is 0 Å². The molecular formula is C13H16N4O. The summed E-state index contributed by atoms with van der Waals surface area (Å²) in [7, 11) is 0. The highest BCUT2D eigenvalue weighted by atomic mass is 16.1. The molecule has 5 nitrogen and oxygen atoms in total. The molecule has 0 aliphatic rings. The van der Waals surface area contributed by atoms with Gasteiger partial charge in [-0.2, -0.15) is 0 Å². The quantitative estimate of drug-likeness (QED) is 0.869. The second-order valence-electron chi connectivity index (χ2n) is 4.05. The molecule has 0 aromatic carbocycles. The molecule has 5 heteroatoms. The molecule has 0 aliphatic carbocycles. The summed E-state index contributed by atoms with van der Waals surface area (Å²) in [6.07, 6.45) is 7.82. The van der Waals surface area contributed by atoms with Gasteiger partial charge in [-0.1, -0.05) is 6.92 Å². The maximum absolute atomic E-state index is 11.6. The minimum atomic E-state index is 0.0328. The third kappa shape index (κ3) is 3.16. The lowest BCUT2D eigenvalue weighted by molar-refractivity contribution is 0.655. The molecule has 0 aliphatic heterocycles. The molecule has 0 atom stereocenters. The van der Waals surface area contributed by atoms with Crippen LogP contribution in [-0.4, -0.2) is 14.5 Å². The first-order valence-corrected chi connectivity index (χ1v) is 5.98. The molecule has 0 amide bonds. The van der Waals surface area contributed by atoms with Gasteiger partial charge >= 0.3 is 0 Å². The van der Waals surface area contributed by atoms with E-state index in [1.165, 1.54) is 6.33 Å². The first kappa shape index (κ1) is 12.3. The molecule has 0 saturated heterocycles. The van der Waals surface area contributed by atoms with Gasteiger partial charge < -0.3 is 9.88 Å². The number of nitrogens with one attached hydrogen (secondary N) is 1. The van der Waals surface area contributed by atoms with Crippen molar-refractivity contribution < 1.29 is 0 Å². The summed E-state index contributed by atoms with van der Waals surface area (Å²) in [5, 5.41) is 3.25. The molecule has 2 aromatic heterocycles. The summed E-state index contributed by atoms with van der Waals surface area (Å²) in [6, 6.07) is 3.37. The van der Waals surface area contributed by atoms with Crippen LogP contribution in [0.3, 0.4) is 0 Å². The zero-order chi connectivity index (χ0) is 12.8. The van der Waals surface area contributed by atoms with Gasteiger partial charge in [0.2, 0.25) is 0 Å². The molecule has 1 N–H and O–H groups in total. The van der Waals surface area contributed by atoms with E-state index < -0.39 is 0 Å². The Balaban J connectivity index is 2.06. The lowest BCUT2D eigenvalue weighted by Crippen LogP contribution is -2.18. The first-order valence-electron chi connectivity index (χ1n) is 5.98. The minimum absolute atomic E-state index is 0.0328. The van der Waals surface area contributed by atoms with Gasteiger partial charge in [-0.15, -0.1) is 0 Å². The lowest BCUT2D eigenvalue weighted by Gasteiger charge is -2.09. The molecular weight excluding hydrogens is 228 g/mol. The predicted molar refractivity (Wildman–Crippen MR) is 70.4 cm³/mol. The van der Waals surface area contributed by atoms with Crippen LogP contribution in [0.2, 0.25) is 0 Å². The van der Waals surface area contributed by atoms with Crippen molar-refractivity contribution in [3.63, 3.8) is 0 Å². The molecule has 2 aromatic rings. The Morgan fingerprint density at radius 3 is 2.78 bits per heavy atom. The number of aromatic nitrogens is 3. The van der Waals surface area contributed by atoms with Crippen molar-refractivity contribution in [2.24, 2.45) is 0 Å². The number of hydrogen-bond acceptors (Lipinski definition) is 4. The number of pyridine rings is 1. The average molecular weight is 244 g/mol. The van der Waals surface area contributed by atoms with Crippen LogP contribution in [0.15, 0.2) is 41.8 Å². The highest BCUT2D eigenvalue weighted by Gasteiger charge is 1.98. The van der Waals surface area contributed by atoms with Gasteiger partial charge in [0.15, 0.2) is 0 Å². The molecule has 0 radical (unpaired) electrons. The Morgan fingerprint density at radius 1 is 1.28 bits per heavy atom. The van der Waals surface area contributed by atoms with Crippen LogP contribution in [0.4, 0.5) is 5.69 Å². The van der Waals surface area contributed by atoms with Gasteiger partial charge in [0.1, 0.15) is 6.33 Å². The largest absolute Gasteiger partial charge is 0.380 e. The van der Waals surface area contributed by atoms with Crippen LogP contribution < -0.4 is 10.9 Å². The van der Waals surface area contributed by atoms with Crippen LogP contribution in [0, 0.1) is 0 Å². The van der Waals surface area contributed by atoms with E-state index in [0.717, 1.165) is 24.2 Å². The topological polar surface area (TPSA) is 59.8 Å². The highest BCUT2D eigenvalue weighted by Crippen LogP contribution is 2.06. The zero-order valence-electron chi connectivity index (χ0n) is 10.3. The molecule has 0 unspecified atom stereocenters. The van der Waals surface area contributed by atoms with Crippen LogP contribution in [0.1, 0.15) is 18.9 Å². The molecule has 0 saturated carbocycles. The van der Waals surface area contributed by atoms with Gasteiger partial charge in [-0.05, 0) is 12.5 Å². The highest BCUT2D eigenvalue weighted by molar-refractivity contribution is 5.40. The van der Waals surface area contributed by atoms with Gasteiger partial charge in [-0.25, -0.2) is 9.97 Å². The van der Waals surface area contributed by atoms with Gasteiger partial charge in [0.05, 0.1) is 5.69 Å². The van der Waals surface area contributed by atoms with E-state index in [2.05, 4.69) is 15.3 Å². The molecule has 94 valence electrons. The van der Waals surface area contributed by atoms with E-state index in [9.17, 15) is 4.79 Å². The Hall–Kier alpha value is -2.17. The summed E-state index contributed by atoms with van der Waals surface area (Å²) in [6.45, 7) is 3.43. The molecule has 18 heavy (non-hydrogen) atoms. The summed E-state index contributed by atoms with van der Waals surface area (Å²) in [5.41, 5.74) is 1.96. The smallest absolute Gasteiger partial charge is 0.250 e. The first-order chi connectivity index (χ1) is 8.79. The van der Waals surface area contributed by atoms with Crippen LogP contribution in [0.5, 0.6) is 0 Å². The summed E-state index contributed by atoms with van der Waals surface area (Å²) in [4.78, 5) is 19.5. The van der Waals surface area contributed by atoms with Gasteiger partial charge in [0.25, 0.3) is 5.56 Å². The average Bonchev–Trinajstić information content (AvgIpc) is 2.41. The molecule has 0 fully saturated rings. The van der Waals surface area contributed by atoms with Gasteiger partial charge in [0, 0.05) is 43.3 Å². The second kappa shape index (κ2) is 5.95. The number of nitrogens with zero attached hydrogens (tertiary/aromatic N) is 3. The van der Waals surface area contributed by atoms with Crippen molar-refractivity contribution in [3.8, 4) is 0 Å². The van der Waals surface area contributed by atoms with Crippen LogP contribution in [0.25, 0.3) is 0 Å². The maximum Gasteiger partial charge on any atom is 0.250 e. The number of hydrogen-bond donors (Lipinski definition) is 1. The van der Waals surface area contributed by atoms with Crippen molar-refractivity contribution in [3.05, 3.63) is 53.0 Å². The molecule has 0 bridgehead atoms. The molecule has 2 heterocycles. The fraction of sp³-hybridized carbons (Fsp3) is 0.308. The predicted octanol–water partition coefficient (Wildman–Crippen LogP) is 1.66. The normalized spacial score (nSPS) is 10.3. The third-order valence-corrected chi connectivity index (χ3v) is 2.56. The van der Waals surface area contributed by atoms with E-state index >= 15 is 0 Å².